The predicted molar refractivity (Wildman–Crippen MR) is 110 cm³/mol. The van der Waals surface area contributed by atoms with Crippen LogP contribution in [0.15, 0.2) is 30.3 Å². The van der Waals surface area contributed by atoms with Gasteiger partial charge in [0.15, 0.2) is 5.25 Å². The third kappa shape index (κ3) is 7.85. The largest absolute Gasteiger partial charge is 0.459 e. The zero-order valence-electron chi connectivity index (χ0n) is 17.0. The number of esters is 1. The Labute approximate surface area is 176 Å². The van der Waals surface area contributed by atoms with Crippen LogP contribution in [0.5, 0.6) is 0 Å². The first-order valence-electron chi connectivity index (χ1n) is 9.57. The maximum Gasteiger partial charge on any atom is 0.410 e. The first kappa shape index (κ1) is 23.5. The molecule has 1 amide bonds. The summed E-state index contributed by atoms with van der Waals surface area (Å²) >= 11 is 0. The van der Waals surface area contributed by atoms with Gasteiger partial charge in [-0.2, -0.15) is 0 Å². The van der Waals surface area contributed by atoms with Crippen LogP contribution in [-0.4, -0.2) is 49.3 Å². The lowest BCUT2D eigenvalue weighted by atomic mass is 9.92. The molecule has 1 aliphatic heterocycles. The van der Waals surface area contributed by atoms with E-state index in [1.807, 2.05) is 30.3 Å². The molecule has 1 atom stereocenters. The molecule has 1 aliphatic rings. The maximum absolute atomic E-state index is 12.3. The molecule has 1 aromatic rings. The predicted octanol–water partition coefficient (Wildman–Crippen LogP) is 3.70. The van der Waals surface area contributed by atoms with Crippen molar-refractivity contribution in [1.82, 2.24) is 4.90 Å². The molecule has 1 saturated heterocycles. The first-order valence-corrected chi connectivity index (χ1v) is 11.9. The van der Waals surface area contributed by atoms with E-state index >= 15 is 0 Å². The Morgan fingerprint density at radius 3 is 2.28 bits per heavy atom. The fourth-order valence-electron chi connectivity index (χ4n) is 3.16. The Kier molecular flexibility index (Phi) is 7.94. The summed E-state index contributed by atoms with van der Waals surface area (Å²) in [5, 5.41) is -1.41. The number of carbonyl (C=O) groups excluding carboxylic acids is 2. The molecule has 162 valence electrons. The lowest BCUT2D eigenvalue weighted by Crippen LogP contribution is -2.41. The zero-order chi connectivity index (χ0) is 21.7. The van der Waals surface area contributed by atoms with Gasteiger partial charge >= 0.3 is 12.1 Å². The Morgan fingerprint density at radius 2 is 1.76 bits per heavy atom. The highest BCUT2D eigenvalue weighted by Gasteiger charge is 2.38. The fraction of sp³-hybridized carbons (Fsp3) is 0.600. The Morgan fingerprint density at radius 1 is 1.17 bits per heavy atom. The summed E-state index contributed by atoms with van der Waals surface area (Å²) in [6.45, 7) is 6.07. The van der Waals surface area contributed by atoms with Gasteiger partial charge in [-0.25, -0.2) is 13.2 Å². The van der Waals surface area contributed by atoms with Crippen molar-refractivity contribution in [3.8, 4) is 0 Å². The van der Waals surface area contributed by atoms with Gasteiger partial charge in [0.1, 0.15) is 12.2 Å². The molecule has 0 aliphatic carbocycles. The molecule has 9 heteroatoms. The minimum Gasteiger partial charge on any atom is -0.459 e. The second-order valence-corrected chi connectivity index (χ2v) is 11.0. The number of rotatable bonds is 6. The van der Waals surface area contributed by atoms with E-state index in [2.05, 4.69) is 0 Å². The molecule has 0 N–H and O–H groups in total. The first-order chi connectivity index (χ1) is 13.5. The van der Waals surface area contributed by atoms with Crippen molar-refractivity contribution in [3.05, 3.63) is 35.9 Å². The van der Waals surface area contributed by atoms with E-state index in [0.717, 1.165) is 5.56 Å². The smallest absolute Gasteiger partial charge is 0.410 e. The van der Waals surface area contributed by atoms with Crippen LogP contribution in [0.3, 0.4) is 0 Å². The van der Waals surface area contributed by atoms with Gasteiger partial charge in [0.25, 0.3) is 0 Å². The van der Waals surface area contributed by atoms with Crippen molar-refractivity contribution in [3.63, 3.8) is 0 Å². The highest BCUT2D eigenvalue weighted by atomic mass is 35.7. The average molecular weight is 446 g/mol. The number of hydrogen-bond donors (Lipinski definition) is 0. The molecular formula is C20H28ClNO6S. The van der Waals surface area contributed by atoms with E-state index in [1.165, 1.54) is 0 Å². The number of nitrogens with zero attached hydrogens (tertiary/aromatic N) is 1. The highest BCUT2D eigenvalue weighted by molar-refractivity contribution is 8.14. The van der Waals surface area contributed by atoms with Crippen LogP contribution in [0.1, 0.15) is 45.6 Å². The van der Waals surface area contributed by atoms with Gasteiger partial charge in [-0.3, -0.25) is 4.79 Å². The van der Waals surface area contributed by atoms with Gasteiger partial charge in [0.2, 0.25) is 9.05 Å². The fourth-order valence-corrected chi connectivity index (χ4v) is 4.37. The summed E-state index contributed by atoms with van der Waals surface area (Å²) < 4.78 is 34.4. The summed E-state index contributed by atoms with van der Waals surface area (Å²) in [6.07, 6.45) is 0.798. The van der Waals surface area contributed by atoms with Gasteiger partial charge in [0, 0.05) is 23.8 Å². The summed E-state index contributed by atoms with van der Waals surface area (Å²) in [6, 6.07) is 9.40. The van der Waals surface area contributed by atoms with Gasteiger partial charge in [0.05, 0.1) is 0 Å². The van der Waals surface area contributed by atoms with Crippen LogP contribution < -0.4 is 0 Å². The van der Waals surface area contributed by atoms with Crippen LogP contribution in [-0.2, 0) is 29.9 Å². The van der Waals surface area contributed by atoms with Crippen LogP contribution >= 0.6 is 10.7 Å². The van der Waals surface area contributed by atoms with Crippen molar-refractivity contribution in [2.24, 2.45) is 5.92 Å². The van der Waals surface area contributed by atoms with Crippen molar-refractivity contribution in [2.75, 3.05) is 13.1 Å². The highest BCUT2D eigenvalue weighted by Crippen LogP contribution is 2.28. The molecule has 1 fully saturated rings. The monoisotopic (exact) mass is 445 g/mol. The third-order valence-corrected chi connectivity index (χ3v) is 6.34. The van der Waals surface area contributed by atoms with Crippen LogP contribution in [0.2, 0.25) is 0 Å². The van der Waals surface area contributed by atoms with Gasteiger partial charge < -0.3 is 14.4 Å². The molecule has 0 radical (unpaired) electrons. The standard InChI is InChI=1S/C20H28ClNO6S/c1-20(2,3)28-18(23)17(29(21,25)26)13-15-9-11-22(12-10-15)19(24)27-14-16-7-5-4-6-8-16/h4-8,15,17H,9-14H2,1-3H3. The quantitative estimate of drug-likeness (QED) is 0.489. The average Bonchev–Trinajstić information content (AvgIpc) is 2.63. The van der Waals surface area contributed by atoms with Crippen molar-refractivity contribution in [1.29, 1.82) is 0 Å². The van der Waals surface area contributed by atoms with Crippen molar-refractivity contribution < 1.29 is 27.5 Å². The summed E-state index contributed by atoms with van der Waals surface area (Å²) in [5.74, 6) is -0.892. The number of amides is 1. The summed E-state index contributed by atoms with van der Waals surface area (Å²) in [4.78, 5) is 26.1. The molecule has 0 aromatic heterocycles. The number of hydrogen-bond acceptors (Lipinski definition) is 6. The normalized spacial score (nSPS) is 16.9. The molecule has 1 aromatic carbocycles. The van der Waals surface area contributed by atoms with Crippen molar-refractivity contribution >= 4 is 31.8 Å². The number of benzene rings is 1. The SMILES string of the molecule is CC(C)(C)OC(=O)C(CC1CCN(C(=O)OCc2ccccc2)CC1)S(=O)(=O)Cl. The van der Waals surface area contributed by atoms with E-state index < -0.39 is 32.0 Å². The van der Waals surface area contributed by atoms with E-state index in [4.69, 9.17) is 20.2 Å². The lowest BCUT2D eigenvalue weighted by molar-refractivity contribution is -0.154. The second-order valence-electron chi connectivity index (χ2n) is 8.20. The maximum atomic E-state index is 12.3. The Balaban J connectivity index is 1.86. The molecule has 7 nitrogen and oxygen atoms in total. The van der Waals surface area contributed by atoms with E-state index in [1.54, 1.807) is 25.7 Å². The summed E-state index contributed by atoms with van der Waals surface area (Å²) in [5.41, 5.74) is 0.103. The number of carbonyl (C=O) groups is 2. The Bertz CT molecular complexity index is 798. The zero-order valence-corrected chi connectivity index (χ0v) is 18.5. The lowest BCUT2D eigenvalue weighted by Gasteiger charge is -2.32. The molecule has 29 heavy (non-hydrogen) atoms. The summed E-state index contributed by atoms with van der Waals surface area (Å²) in [7, 11) is 1.40. The topological polar surface area (TPSA) is 90.0 Å². The number of likely N-dealkylation sites (tertiary alicyclic amines) is 1. The van der Waals surface area contributed by atoms with Crippen LogP contribution in [0.25, 0.3) is 0 Å². The van der Waals surface area contributed by atoms with Gasteiger partial charge in [-0.05, 0) is 51.5 Å². The van der Waals surface area contributed by atoms with E-state index in [-0.39, 0.29) is 18.9 Å². The molecule has 1 heterocycles. The number of piperidine rings is 1. The molecular weight excluding hydrogens is 418 g/mol. The molecule has 0 spiro atoms. The minimum absolute atomic E-state index is 0.0563. The molecule has 2 rings (SSSR count). The van der Waals surface area contributed by atoms with Crippen LogP contribution in [0, 0.1) is 5.92 Å². The molecule has 0 bridgehead atoms. The van der Waals surface area contributed by atoms with Crippen molar-refractivity contribution in [2.45, 2.75) is 57.5 Å². The number of halogens is 1. The molecule has 0 saturated carbocycles. The molecule has 1 unspecified atom stereocenters. The van der Waals surface area contributed by atoms with Crippen LogP contribution in [0.4, 0.5) is 4.79 Å². The minimum atomic E-state index is -4.11. The Hall–Kier alpha value is -1.80. The third-order valence-electron chi connectivity index (χ3n) is 4.63. The van der Waals surface area contributed by atoms with E-state index in [0.29, 0.717) is 25.9 Å². The number of ether oxygens (including phenoxy) is 2. The van der Waals surface area contributed by atoms with Gasteiger partial charge in [-0.15, -0.1) is 0 Å². The van der Waals surface area contributed by atoms with E-state index in [9.17, 15) is 18.0 Å². The second kappa shape index (κ2) is 9.80. The van der Waals surface area contributed by atoms with Gasteiger partial charge in [-0.1, -0.05) is 30.3 Å².